The fourth-order valence-corrected chi connectivity index (χ4v) is 2.72. The largest absolute Gasteiger partial charge is 0.481 e. The van der Waals surface area contributed by atoms with Crippen molar-refractivity contribution < 1.29 is 9.90 Å². The second-order valence-corrected chi connectivity index (χ2v) is 6.43. The summed E-state index contributed by atoms with van der Waals surface area (Å²) in [4.78, 5) is 11.5. The highest BCUT2D eigenvalue weighted by Crippen LogP contribution is 2.12. The molecule has 1 N–H and O–H groups in total. The van der Waals surface area contributed by atoms with E-state index in [1.54, 1.807) is 0 Å². The average molecular weight is 330 g/mol. The first-order chi connectivity index (χ1) is 11.1. The number of carbonyl (C=O) groups is 1. The van der Waals surface area contributed by atoms with Crippen molar-refractivity contribution in [2.24, 2.45) is 0 Å². The van der Waals surface area contributed by atoms with Crippen molar-refractivity contribution in [2.45, 2.75) is 105 Å². The number of rotatable bonds is 15. The predicted molar refractivity (Wildman–Crippen MR) is 102 cm³/mol. The summed E-state index contributed by atoms with van der Waals surface area (Å²) in [6, 6.07) is 0. The summed E-state index contributed by atoms with van der Waals surface area (Å²) in [5.41, 5.74) is 0. The quantitative estimate of drug-likeness (QED) is 0.368. The highest BCUT2D eigenvalue weighted by molar-refractivity contribution is 5.62. The zero-order chi connectivity index (χ0) is 17.8. The molecule has 3 heteroatoms. The van der Waals surface area contributed by atoms with Crippen LogP contribution in [0.5, 0.6) is 0 Å². The smallest absolute Gasteiger partial charge is 0.300 e. The van der Waals surface area contributed by atoms with Gasteiger partial charge in [0, 0.05) is 6.92 Å². The minimum absolute atomic E-state index is 0.833. The van der Waals surface area contributed by atoms with Crippen LogP contribution in [0.15, 0.2) is 0 Å². The summed E-state index contributed by atoms with van der Waals surface area (Å²) < 4.78 is 0. The fourth-order valence-electron chi connectivity index (χ4n) is 2.72. The molecule has 0 spiro atoms. The summed E-state index contributed by atoms with van der Waals surface area (Å²) in [7, 11) is 0. The number of unbranched alkanes of at least 4 members (excludes halogenated alkanes) is 11. The number of hydrogen-bond donors (Lipinski definition) is 1. The van der Waals surface area contributed by atoms with Crippen LogP contribution >= 0.6 is 0 Å². The Bertz CT molecular complexity index is 224. The molecule has 0 bridgehead atoms. The summed E-state index contributed by atoms with van der Waals surface area (Å²) in [5.74, 6) is -0.833. The lowest BCUT2D eigenvalue weighted by atomic mass is 10.1. The molecular weight excluding hydrogens is 286 g/mol. The predicted octanol–water partition coefficient (Wildman–Crippen LogP) is 6.12. The van der Waals surface area contributed by atoms with Gasteiger partial charge < -0.3 is 10.0 Å². The molecule has 0 saturated carbocycles. The van der Waals surface area contributed by atoms with Crippen molar-refractivity contribution in [1.29, 1.82) is 0 Å². The van der Waals surface area contributed by atoms with Gasteiger partial charge in [0.25, 0.3) is 5.97 Å². The van der Waals surface area contributed by atoms with Crippen LogP contribution in [0.4, 0.5) is 0 Å². The van der Waals surface area contributed by atoms with Gasteiger partial charge in [-0.3, -0.25) is 4.79 Å². The van der Waals surface area contributed by atoms with Crippen molar-refractivity contribution in [3.05, 3.63) is 0 Å². The van der Waals surface area contributed by atoms with Crippen molar-refractivity contribution >= 4 is 5.97 Å². The highest BCUT2D eigenvalue weighted by Gasteiger charge is 1.98. The van der Waals surface area contributed by atoms with Crippen molar-refractivity contribution in [1.82, 2.24) is 4.90 Å². The molecule has 3 nitrogen and oxygen atoms in total. The Morgan fingerprint density at radius 1 is 0.696 bits per heavy atom. The third-order valence-electron chi connectivity index (χ3n) is 4.22. The third kappa shape index (κ3) is 26.6. The second-order valence-electron chi connectivity index (χ2n) is 6.43. The zero-order valence-electron chi connectivity index (χ0n) is 16.4. The van der Waals surface area contributed by atoms with E-state index >= 15 is 0 Å². The molecule has 0 aromatic carbocycles. The lowest BCUT2D eigenvalue weighted by Crippen LogP contribution is -2.23. The number of carboxylic acids is 1. The van der Waals surface area contributed by atoms with Crippen LogP contribution in [0.3, 0.4) is 0 Å². The lowest BCUT2D eigenvalue weighted by Gasteiger charge is -2.17. The van der Waals surface area contributed by atoms with Gasteiger partial charge >= 0.3 is 0 Å². The van der Waals surface area contributed by atoms with Crippen molar-refractivity contribution in [2.75, 3.05) is 19.6 Å². The fraction of sp³-hybridized carbons (Fsp3) is 0.950. The molecule has 0 unspecified atom stereocenters. The van der Waals surface area contributed by atoms with Crippen LogP contribution in [-0.4, -0.2) is 35.6 Å². The van der Waals surface area contributed by atoms with Gasteiger partial charge in [0.05, 0.1) is 0 Å². The van der Waals surface area contributed by atoms with E-state index in [9.17, 15) is 0 Å². The molecular formula is C20H43NO2. The Balaban J connectivity index is 0. The molecule has 0 aromatic rings. The monoisotopic (exact) mass is 329 g/mol. The number of carboxylic acid groups (broad SMARTS) is 1. The van der Waals surface area contributed by atoms with Crippen LogP contribution in [0.25, 0.3) is 0 Å². The number of hydrogen-bond acceptors (Lipinski definition) is 2. The van der Waals surface area contributed by atoms with Crippen LogP contribution in [0.2, 0.25) is 0 Å². The van der Waals surface area contributed by atoms with Crippen LogP contribution in [0, 0.1) is 0 Å². The minimum Gasteiger partial charge on any atom is -0.481 e. The first-order valence-corrected chi connectivity index (χ1v) is 10.00. The Morgan fingerprint density at radius 2 is 1.00 bits per heavy atom. The second kappa shape index (κ2) is 21.4. The topological polar surface area (TPSA) is 40.5 Å². The van der Waals surface area contributed by atoms with E-state index in [1.807, 2.05) is 0 Å². The molecule has 0 aliphatic heterocycles. The maximum atomic E-state index is 9.00. The molecule has 0 fully saturated rings. The summed E-state index contributed by atoms with van der Waals surface area (Å²) >= 11 is 0. The summed E-state index contributed by atoms with van der Waals surface area (Å²) in [5, 5.41) is 7.42. The van der Waals surface area contributed by atoms with E-state index in [1.165, 1.54) is 96.7 Å². The Morgan fingerprint density at radius 3 is 1.30 bits per heavy atom. The Hall–Kier alpha value is -0.570. The zero-order valence-corrected chi connectivity index (χ0v) is 16.4. The molecule has 23 heavy (non-hydrogen) atoms. The van der Waals surface area contributed by atoms with Gasteiger partial charge in [-0.15, -0.1) is 0 Å². The maximum absolute atomic E-state index is 9.00. The van der Waals surface area contributed by atoms with E-state index in [-0.39, 0.29) is 0 Å². The minimum atomic E-state index is -0.833. The van der Waals surface area contributed by atoms with E-state index < -0.39 is 5.97 Å². The van der Waals surface area contributed by atoms with Gasteiger partial charge in [0.1, 0.15) is 0 Å². The van der Waals surface area contributed by atoms with Gasteiger partial charge in [0.15, 0.2) is 0 Å². The summed E-state index contributed by atoms with van der Waals surface area (Å²) in [6.07, 6.45) is 17.4. The SMILES string of the molecule is CC(=O)O.CCCCCCCCCCCCCCN(CC)CC. The molecule has 0 radical (unpaired) electrons. The summed E-state index contributed by atoms with van der Waals surface area (Å²) in [6.45, 7) is 11.7. The molecule has 0 aliphatic rings. The molecule has 0 heterocycles. The van der Waals surface area contributed by atoms with E-state index in [0.717, 1.165) is 6.92 Å². The van der Waals surface area contributed by atoms with Crippen LogP contribution < -0.4 is 0 Å². The Kier molecular flexibility index (Phi) is 23.0. The molecule has 0 aromatic heterocycles. The average Bonchev–Trinajstić information content (AvgIpc) is 2.51. The lowest BCUT2D eigenvalue weighted by molar-refractivity contribution is -0.134. The van der Waals surface area contributed by atoms with E-state index in [4.69, 9.17) is 9.90 Å². The van der Waals surface area contributed by atoms with Crippen molar-refractivity contribution in [3.63, 3.8) is 0 Å². The van der Waals surface area contributed by atoms with Gasteiger partial charge in [-0.25, -0.2) is 0 Å². The maximum Gasteiger partial charge on any atom is 0.300 e. The van der Waals surface area contributed by atoms with Crippen molar-refractivity contribution in [3.8, 4) is 0 Å². The molecule has 0 amide bonds. The number of nitrogens with zero attached hydrogens (tertiary/aromatic N) is 1. The van der Waals surface area contributed by atoms with Gasteiger partial charge in [-0.05, 0) is 26.1 Å². The molecule has 0 saturated heterocycles. The first-order valence-electron chi connectivity index (χ1n) is 10.00. The highest BCUT2D eigenvalue weighted by atomic mass is 16.4. The Labute approximate surface area is 145 Å². The van der Waals surface area contributed by atoms with E-state index in [2.05, 4.69) is 25.7 Å². The van der Waals surface area contributed by atoms with Gasteiger partial charge in [0.2, 0.25) is 0 Å². The van der Waals surface area contributed by atoms with Crippen LogP contribution in [0.1, 0.15) is 105 Å². The van der Waals surface area contributed by atoms with Gasteiger partial charge in [-0.1, -0.05) is 91.4 Å². The molecule has 140 valence electrons. The molecule has 0 rings (SSSR count). The molecule has 0 atom stereocenters. The number of aliphatic carboxylic acids is 1. The van der Waals surface area contributed by atoms with E-state index in [0.29, 0.717) is 0 Å². The third-order valence-corrected chi connectivity index (χ3v) is 4.22. The standard InChI is InChI=1S/C18H39N.C2H4O2/c1-4-7-8-9-10-11-12-13-14-15-16-17-18-19(5-2)6-3;1-2(3)4/h4-18H2,1-3H3;1H3,(H,3,4). The molecule has 0 aliphatic carbocycles. The normalized spacial score (nSPS) is 10.5. The van der Waals surface area contributed by atoms with Gasteiger partial charge in [-0.2, -0.15) is 0 Å². The first kappa shape index (κ1) is 24.7. The van der Waals surface area contributed by atoms with Crippen LogP contribution in [-0.2, 0) is 4.79 Å².